The topological polar surface area (TPSA) is 87.7 Å². The number of nitrogens with zero attached hydrogens (tertiary/aromatic N) is 2. The predicted octanol–water partition coefficient (Wildman–Crippen LogP) is 3.83. The number of thiophene rings is 1. The summed E-state index contributed by atoms with van der Waals surface area (Å²) in [6.45, 7) is 3.79. The summed E-state index contributed by atoms with van der Waals surface area (Å²) in [4.78, 5) is 38.9. The lowest BCUT2D eigenvalue weighted by Gasteiger charge is -2.11. The van der Waals surface area contributed by atoms with E-state index in [4.69, 9.17) is 0 Å². The van der Waals surface area contributed by atoms with Crippen LogP contribution in [0.5, 0.6) is 0 Å². The smallest absolute Gasteiger partial charge is 0.259 e. The summed E-state index contributed by atoms with van der Waals surface area (Å²) < 4.78 is 0. The van der Waals surface area contributed by atoms with E-state index in [1.54, 1.807) is 23.6 Å². The van der Waals surface area contributed by atoms with Gasteiger partial charge in [-0.25, -0.2) is 9.97 Å². The molecule has 0 fully saturated rings. The molecule has 28 heavy (non-hydrogen) atoms. The van der Waals surface area contributed by atoms with Crippen molar-refractivity contribution in [3.8, 4) is 0 Å². The molecule has 3 aromatic heterocycles. The molecule has 1 aliphatic carbocycles. The van der Waals surface area contributed by atoms with Crippen molar-refractivity contribution < 1.29 is 4.79 Å². The average molecular weight is 415 g/mol. The van der Waals surface area contributed by atoms with Crippen molar-refractivity contribution in [2.45, 2.75) is 50.5 Å². The van der Waals surface area contributed by atoms with Crippen molar-refractivity contribution in [2.24, 2.45) is 0 Å². The fourth-order valence-corrected chi connectivity index (χ4v) is 5.36. The molecule has 0 radical (unpaired) electrons. The van der Waals surface area contributed by atoms with Gasteiger partial charge in [0.15, 0.2) is 0 Å². The number of H-pyrrole nitrogens is 1. The number of aromatic nitrogens is 3. The number of fused-ring (bicyclic) bond motifs is 3. The number of thioether (sulfide) groups is 1. The summed E-state index contributed by atoms with van der Waals surface area (Å²) in [6.07, 6.45) is 6.06. The quantitative estimate of drug-likeness (QED) is 0.662. The normalized spacial score (nSPS) is 14.6. The number of aromatic amines is 1. The van der Waals surface area contributed by atoms with Crippen LogP contribution in [0.15, 0.2) is 23.1 Å². The Kier molecular flexibility index (Phi) is 5.50. The molecule has 1 aliphatic rings. The second-order valence-corrected chi connectivity index (χ2v) is 9.48. The minimum atomic E-state index is -0.291. The number of hydrogen-bond acceptors (Lipinski definition) is 6. The van der Waals surface area contributed by atoms with Crippen molar-refractivity contribution in [3.63, 3.8) is 0 Å². The number of rotatable bonds is 5. The molecule has 0 aromatic carbocycles. The molecule has 0 saturated carbocycles. The van der Waals surface area contributed by atoms with E-state index in [1.807, 2.05) is 19.9 Å². The van der Waals surface area contributed by atoms with Gasteiger partial charge in [-0.05, 0) is 56.7 Å². The van der Waals surface area contributed by atoms with E-state index in [1.165, 1.54) is 28.6 Å². The van der Waals surface area contributed by atoms with E-state index in [-0.39, 0.29) is 16.7 Å². The van der Waals surface area contributed by atoms with E-state index in [9.17, 15) is 9.59 Å². The average Bonchev–Trinajstić information content (AvgIpc) is 3.06. The summed E-state index contributed by atoms with van der Waals surface area (Å²) in [5.41, 5.74) is 2.18. The highest BCUT2D eigenvalue weighted by atomic mass is 32.2. The molecule has 1 atom stereocenters. The van der Waals surface area contributed by atoms with Gasteiger partial charge in [0.05, 0.1) is 16.4 Å². The van der Waals surface area contributed by atoms with Crippen LogP contribution in [-0.2, 0) is 23.4 Å². The molecule has 8 heteroatoms. The zero-order valence-electron chi connectivity index (χ0n) is 15.9. The molecule has 0 spiro atoms. The molecule has 2 N–H and O–H groups in total. The third-order valence-electron chi connectivity index (χ3n) is 4.88. The molecule has 3 aromatic rings. The standard InChI is InChI=1S/C20H22N4O2S2/c1-11-7-8-15(21-9-11)22-18(25)12(2)27-10-16-23-19(26)17-13-5-3-4-6-14(13)28-20(17)24-16/h7-9,12H,3-6,10H2,1-2H3,(H,21,22,25)(H,23,24,26)/t12-/m1/s1. The lowest BCUT2D eigenvalue weighted by Crippen LogP contribution is -2.23. The van der Waals surface area contributed by atoms with Gasteiger partial charge in [-0.2, -0.15) is 0 Å². The first kappa shape index (κ1) is 19.1. The summed E-state index contributed by atoms with van der Waals surface area (Å²) in [5.74, 6) is 1.52. The van der Waals surface area contributed by atoms with Crippen molar-refractivity contribution in [2.75, 3.05) is 5.32 Å². The van der Waals surface area contributed by atoms with Gasteiger partial charge in [0.1, 0.15) is 16.5 Å². The van der Waals surface area contributed by atoms with Gasteiger partial charge < -0.3 is 10.3 Å². The van der Waals surface area contributed by atoms with Gasteiger partial charge in [0.25, 0.3) is 5.56 Å². The highest BCUT2D eigenvalue weighted by molar-refractivity contribution is 7.99. The van der Waals surface area contributed by atoms with E-state index in [0.717, 1.165) is 35.0 Å². The second-order valence-electron chi connectivity index (χ2n) is 7.07. The van der Waals surface area contributed by atoms with Crippen molar-refractivity contribution >= 4 is 45.0 Å². The number of anilines is 1. The van der Waals surface area contributed by atoms with Gasteiger partial charge in [-0.3, -0.25) is 9.59 Å². The zero-order chi connectivity index (χ0) is 19.7. The largest absolute Gasteiger partial charge is 0.310 e. The molecule has 1 amide bonds. The first-order valence-electron chi connectivity index (χ1n) is 9.40. The molecular weight excluding hydrogens is 392 g/mol. The Morgan fingerprint density at radius 2 is 2.18 bits per heavy atom. The van der Waals surface area contributed by atoms with Crippen LogP contribution in [0.4, 0.5) is 5.82 Å². The molecule has 4 rings (SSSR count). The number of carbonyl (C=O) groups excluding carboxylic acids is 1. The van der Waals surface area contributed by atoms with Crippen molar-refractivity contribution in [1.29, 1.82) is 0 Å². The Morgan fingerprint density at radius 1 is 1.36 bits per heavy atom. The van der Waals surface area contributed by atoms with Crippen LogP contribution in [0.2, 0.25) is 0 Å². The first-order chi connectivity index (χ1) is 13.5. The van der Waals surface area contributed by atoms with Crippen molar-refractivity contribution in [1.82, 2.24) is 15.0 Å². The predicted molar refractivity (Wildman–Crippen MR) is 115 cm³/mol. The molecule has 146 valence electrons. The molecule has 3 heterocycles. The third-order valence-corrected chi connectivity index (χ3v) is 7.22. The summed E-state index contributed by atoms with van der Waals surface area (Å²) in [5, 5.41) is 3.30. The summed E-state index contributed by atoms with van der Waals surface area (Å²) >= 11 is 3.09. The molecule has 0 unspecified atom stereocenters. The van der Waals surface area contributed by atoms with Crippen LogP contribution >= 0.6 is 23.1 Å². The lowest BCUT2D eigenvalue weighted by molar-refractivity contribution is -0.115. The van der Waals surface area contributed by atoms with Crippen LogP contribution in [-0.4, -0.2) is 26.1 Å². The Morgan fingerprint density at radius 3 is 2.96 bits per heavy atom. The van der Waals surface area contributed by atoms with Gasteiger partial charge in [-0.15, -0.1) is 23.1 Å². The van der Waals surface area contributed by atoms with Gasteiger partial charge in [0, 0.05) is 11.1 Å². The maximum Gasteiger partial charge on any atom is 0.259 e. The van der Waals surface area contributed by atoms with Crippen LogP contribution < -0.4 is 10.9 Å². The number of hydrogen-bond donors (Lipinski definition) is 2. The summed E-state index contributed by atoms with van der Waals surface area (Å²) in [6, 6.07) is 3.70. The van der Waals surface area contributed by atoms with E-state index in [0.29, 0.717) is 17.4 Å². The van der Waals surface area contributed by atoms with Crippen molar-refractivity contribution in [3.05, 3.63) is 50.5 Å². The molecule has 0 saturated heterocycles. The minimum Gasteiger partial charge on any atom is -0.310 e. The highest BCUT2D eigenvalue weighted by Crippen LogP contribution is 2.33. The number of nitrogens with one attached hydrogen (secondary N) is 2. The Labute approximate surface area is 171 Å². The Balaban J connectivity index is 1.44. The van der Waals surface area contributed by atoms with Gasteiger partial charge in [0.2, 0.25) is 5.91 Å². The van der Waals surface area contributed by atoms with Crippen LogP contribution in [0, 0.1) is 6.92 Å². The molecule has 0 aliphatic heterocycles. The molecular formula is C20H22N4O2S2. The molecule has 6 nitrogen and oxygen atoms in total. The third kappa shape index (κ3) is 3.98. The fraction of sp³-hybridized carbons (Fsp3) is 0.400. The van der Waals surface area contributed by atoms with E-state index < -0.39 is 0 Å². The van der Waals surface area contributed by atoms with Gasteiger partial charge in [-0.1, -0.05) is 6.07 Å². The SMILES string of the molecule is Cc1ccc(NC(=O)[C@@H](C)SCc2nc3sc4c(c3c(=O)[nH]2)CCCC4)nc1. The van der Waals surface area contributed by atoms with Crippen LogP contribution in [0.3, 0.4) is 0 Å². The van der Waals surface area contributed by atoms with Gasteiger partial charge >= 0.3 is 0 Å². The second kappa shape index (κ2) is 8.05. The number of amides is 1. The maximum absolute atomic E-state index is 12.6. The maximum atomic E-state index is 12.6. The monoisotopic (exact) mass is 414 g/mol. The molecule has 0 bridgehead atoms. The summed E-state index contributed by atoms with van der Waals surface area (Å²) in [7, 11) is 0. The highest BCUT2D eigenvalue weighted by Gasteiger charge is 2.20. The lowest BCUT2D eigenvalue weighted by atomic mass is 9.97. The number of aryl methyl sites for hydroxylation is 3. The Bertz CT molecular complexity index is 1070. The van der Waals surface area contributed by atoms with Crippen LogP contribution in [0.1, 0.15) is 41.6 Å². The fourth-order valence-electron chi connectivity index (χ4n) is 3.33. The number of pyridine rings is 1. The van der Waals surface area contributed by atoms with E-state index >= 15 is 0 Å². The first-order valence-corrected chi connectivity index (χ1v) is 11.3. The van der Waals surface area contributed by atoms with Crippen LogP contribution in [0.25, 0.3) is 10.2 Å². The Hall–Kier alpha value is -2.19. The van der Waals surface area contributed by atoms with E-state index in [2.05, 4.69) is 20.3 Å². The zero-order valence-corrected chi connectivity index (χ0v) is 17.5. The number of carbonyl (C=O) groups is 1. The minimum absolute atomic E-state index is 0.0547.